The molecule has 0 spiro atoms. The van der Waals surface area contributed by atoms with E-state index in [0.29, 0.717) is 13.2 Å². The summed E-state index contributed by atoms with van der Waals surface area (Å²) >= 11 is 0. The maximum atomic E-state index is 5.70. The van der Waals surface area contributed by atoms with E-state index in [9.17, 15) is 0 Å². The van der Waals surface area contributed by atoms with Crippen molar-refractivity contribution in [3.63, 3.8) is 0 Å². The van der Waals surface area contributed by atoms with Gasteiger partial charge in [-0.3, -0.25) is 0 Å². The molecule has 21 heavy (non-hydrogen) atoms. The quantitative estimate of drug-likeness (QED) is 0.723. The van der Waals surface area contributed by atoms with E-state index in [2.05, 4.69) is 34.6 Å². The van der Waals surface area contributed by atoms with Crippen LogP contribution in [0.4, 0.5) is 0 Å². The Morgan fingerprint density at radius 1 is 0.952 bits per heavy atom. The van der Waals surface area contributed by atoms with E-state index >= 15 is 0 Å². The van der Waals surface area contributed by atoms with Crippen molar-refractivity contribution in [2.24, 2.45) is 0 Å². The summed E-state index contributed by atoms with van der Waals surface area (Å²) in [4.78, 5) is 0. The zero-order valence-corrected chi connectivity index (χ0v) is 11.6. The molecule has 1 aliphatic rings. The van der Waals surface area contributed by atoms with E-state index in [0.717, 1.165) is 17.9 Å². The third kappa shape index (κ3) is 2.23. The number of aromatic nitrogens is 3. The first-order valence-electron chi connectivity index (χ1n) is 7.04. The molecule has 0 N–H and O–H groups in total. The highest BCUT2D eigenvalue weighted by Gasteiger charge is 2.20. The highest BCUT2D eigenvalue weighted by molar-refractivity contribution is 5.66. The SMILES string of the molecule is c1ccc(Cn2nnc3c2-c2ccccc2COC3)cc1. The lowest BCUT2D eigenvalue weighted by molar-refractivity contribution is 0.107. The molecule has 0 unspecified atom stereocenters. The van der Waals surface area contributed by atoms with Crippen LogP contribution in [0.3, 0.4) is 0 Å². The second-order valence-corrected chi connectivity index (χ2v) is 5.18. The number of nitrogens with zero attached hydrogens (tertiary/aromatic N) is 3. The molecule has 4 heteroatoms. The third-order valence-electron chi connectivity index (χ3n) is 3.75. The summed E-state index contributed by atoms with van der Waals surface area (Å²) in [6, 6.07) is 18.6. The highest BCUT2D eigenvalue weighted by Crippen LogP contribution is 2.30. The van der Waals surface area contributed by atoms with E-state index in [1.165, 1.54) is 16.7 Å². The number of ether oxygens (including phenoxy) is 1. The fourth-order valence-corrected chi connectivity index (χ4v) is 2.74. The van der Waals surface area contributed by atoms with Crippen LogP contribution in [0.1, 0.15) is 16.8 Å². The van der Waals surface area contributed by atoms with Gasteiger partial charge in [0.2, 0.25) is 0 Å². The van der Waals surface area contributed by atoms with E-state index in [1.54, 1.807) is 0 Å². The second-order valence-electron chi connectivity index (χ2n) is 5.18. The molecule has 1 aliphatic heterocycles. The average Bonchev–Trinajstić information content (AvgIpc) is 2.82. The van der Waals surface area contributed by atoms with Crippen molar-refractivity contribution < 1.29 is 4.74 Å². The topological polar surface area (TPSA) is 39.9 Å². The molecule has 0 saturated heterocycles. The van der Waals surface area contributed by atoms with E-state index in [4.69, 9.17) is 4.74 Å². The summed E-state index contributed by atoms with van der Waals surface area (Å²) in [5, 5.41) is 8.62. The van der Waals surface area contributed by atoms with Gasteiger partial charge in [-0.2, -0.15) is 0 Å². The fraction of sp³-hybridized carbons (Fsp3) is 0.176. The summed E-state index contributed by atoms with van der Waals surface area (Å²) in [6.45, 7) is 1.86. The zero-order chi connectivity index (χ0) is 14.1. The molecule has 4 nitrogen and oxygen atoms in total. The van der Waals surface area contributed by atoms with Crippen molar-refractivity contribution in [2.45, 2.75) is 19.8 Å². The molecule has 1 aromatic heterocycles. The van der Waals surface area contributed by atoms with Crippen LogP contribution in [0.15, 0.2) is 54.6 Å². The predicted molar refractivity (Wildman–Crippen MR) is 79.5 cm³/mol. The minimum Gasteiger partial charge on any atom is -0.370 e. The maximum absolute atomic E-state index is 5.70. The van der Waals surface area contributed by atoms with Gasteiger partial charge >= 0.3 is 0 Å². The molecule has 0 atom stereocenters. The second kappa shape index (κ2) is 5.14. The predicted octanol–water partition coefficient (Wildman–Crippen LogP) is 3.02. The first kappa shape index (κ1) is 12.3. The Kier molecular flexibility index (Phi) is 3.01. The molecular weight excluding hydrogens is 262 g/mol. The minimum absolute atomic E-state index is 0.513. The lowest BCUT2D eigenvalue weighted by Gasteiger charge is -2.09. The molecule has 0 radical (unpaired) electrons. The van der Waals surface area contributed by atoms with E-state index in [-0.39, 0.29) is 0 Å². The third-order valence-corrected chi connectivity index (χ3v) is 3.75. The largest absolute Gasteiger partial charge is 0.370 e. The number of hydrogen-bond donors (Lipinski definition) is 0. The van der Waals surface area contributed by atoms with Gasteiger partial charge < -0.3 is 4.74 Å². The summed E-state index contributed by atoms with van der Waals surface area (Å²) in [6.07, 6.45) is 0. The number of rotatable bonds is 2. The Hall–Kier alpha value is -2.46. The minimum atomic E-state index is 0.513. The number of benzene rings is 2. The van der Waals surface area contributed by atoms with Gasteiger partial charge in [-0.25, -0.2) is 4.68 Å². The molecule has 104 valence electrons. The molecule has 2 aromatic carbocycles. The number of hydrogen-bond acceptors (Lipinski definition) is 3. The molecule has 2 heterocycles. The van der Waals surface area contributed by atoms with Gasteiger partial charge in [0.05, 0.1) is 25.5 Å². The Morgan fingerprint density at radius 2 is 1.76 bits per heavy atom. The van der Waals surface area contributed by atoms with E-state index < -0.39 is 0 Å². The van der Waals surface area contributed by atoms with Crippen molar-refractivity contribution in [1.82, 2.24) is 15.0 Å². The van der Waals surface area contributed by atoms with Crippen molar-refractivity contribution >= 4 is 0 Å². The molecule has 3 aromatic rings. The molecule has 0 saturated carbocycles. The normalized spacial score (nSPS) is 13.3. The standard InChI is InChI=1S/C17H15N3O/c1-2-6-13(7-3-1)10-20-17-15-9-5-4-8-14(15)11-21-12-16(17)18-19-20/h1-9H,10-12H2. The van der Waals surface area contributed by atoms with Gasteiger partial charge in [0, 0.05) is 5.56 Å². The fourth-order valence-electron chi connectivity index (χ4n) is 2.74. The van der Waals surface area contributed by atoms with Gasteiger partial charge in [0.15, 0.2) is 0 Å². The van der Waals surface area contributed by atoms with Gasteiger partial charge in [0.1, 0.15) is 5.69 Å². The van der Waals surface area contributed by atoms with Crippen LogP contribution < -0.4 is 0 Å². The zero-order valence-electron chi connectivity index (χ0n) is 11.6. The average molecular weight is 277 g/mol. The monoisotopic (exact) mass is 277 g/mol. The number of fused-ring (bicyclic) bond motifs is 3. The van der Waals surface area contributed by atoms with Gasteiger partial charge in [-0.05, 0) is 11.1 Å². The van der Waals surface area contributed by atoms with Crippen LogP contribution >= 0.6 is 0 Å². The smallest absolute Gasteiger partial charge is 0.116 e. The maximum Gasteiger partial charge on any atom is 0.116 e. The van der Waals surface area contributed by atoms with Crippen molar-refractivity contribution in [3.05, 3.63) is 71.4 Å². The first-order chi connectivity index (χ1) is 10.4. The van der Waals surface area contributed by atoms with Crippen molar-refractivity contribution in [2.75, 3.05) is 0 Å². The summed E-state index contributed by atoms with van der Waals surface area (Å²) in [7, 11) is 0. The Bertz CT molecular complexity index is 765. The molecule has 0 amide bonds. The van der Waals surface area contributed by atoms with Crippen LogP contribution in [-0.2, 0) is 24.5 Å². The summed E-state index contributed by atoms with van der Waals surface area (Å²) < 4.78 is 7.67. The van der Waals surface area contributed by atoms with Crippen LogP contribution in [0, 0.1) is 0 Å². The molecule has 0 bridgehead atoms. The Balaban J connectivity index is 1.82. The van der Waals surface area contributed by atoms with Gasteiger partial charge in [-0.1, -0.05) is 59.8 Å². The van der Waals surface area contributed by atoms with Crippen LogP contribution in [0.25, 0.3) is 11.3 Å². The summed E-state index contributed by atoms with van der Waals surface area (Å²) in [5.41, 5.74) is 5.56. The van der Waals surface area contributed by atoms with Crippen LogP contribution in [-0.4, -0.2) is 15.0 Å². The Morgan fingerprint density at radius 3 is 2.67 bits per heavy atom. The van der Waals surface area contributed by atoms with Crippen LogP contribution in [0.2, 0.25) is 0 Å². The molecule has 0 fully saturated rings. The summed E-state index contributed by atoms with van der Waals surface area (Å²) in [5.74, 6) is 0. The molecule has 4 rings (SSSR count). The van der Waals surface area contributed by atoms with Crippen LogP contribution in [0.5, 0.6) is 0 Å². The highest BCUT2D eigenvalue weighted by atomic mass is 16.5. The van der Waals surface area contributed by atoms with Gasteiger partial charge in [-0.15, -0.1) is 5.10 Å². The molecule has 0 aliphatic carbocycles. The van der Waals surface area contributed by atoms with Crippen molar-refractivity contribution in [1.29, 1.82) is 0 Å². The van der Waals surface area contributed by atoms with Crippen molar-refractivity contribution in [3.8, 4) is 11.3 Å². The van der Waals surface area contributed by atoms with Gasteiger partial charge in [0.25, 0.3) is 0 Å². The Labute approximate surface area is 123 Å². The lowest BCUT2D eigenvalue weighted by Crippen LogP contribution is -2.05. The lowest BCUT2D eigenvalue weighted by atomic mass is 10.0. The first-order valence-corrected chi connectivity index (χ1v) is 7.04. The molecular formula is C17H15N3O. The van der Waals surface area contributed by atoms with E-state index in [1.807, 2.05) is 35.0 Å².